The third-order valence-electron chi connectivity index (χ3n) is 15.4. The zero-order chi connectivity index (χ0) is 49.1. The van der Waals surface area contributed by atoms with Crippen LogP contribution in [-0.4, -0.2) is 6.71 Å². The van der Waals surface area contributed by atoms with Crippen LogP contribution in [0.1, 0.15) is 0 Å². The van der Waals surface area contributed by atoms with E-state index in [1.54, 1.807) is 0 Å². The summed E-state index contributed by atoms with van der Waals surface area (Å²) in [5, 5.41) is 8.53. The second-order valence-corrected chi connectivity index (χ2v) is 19.6. The second kappa shape index (κ2) is 16.3. The molecule has 4 heterocycles. The van der Waals surface area contributed by atoms with E-state index >= 15 is 0 Å². The summed E-state index contributed by atoms with van der Waals surface area (Å²) < 4.78 is 21.2. The van der Waals surface area contributed by atoms with Crippen LogP contribution >= 0.6 is 0 Å². The Morgan fingerprint density at radius 1 is 0.320 bits per heavy atom. The summed E-state index contributed by atoms with van der Waals surface area (Å²) >= 11 is 0. The number of hydrogen-bond donors (Lipinski definition) is 0. The molecule has 0 saturated carbocycles. The number of benzene rings is 12. The molecular weight excluding hydrogens is 918 g/mol. The molecule has 16 rings (SSSR count). The molecule has 2 aliphatic rings. The number of anilines is 9. The van der Waals surface area contributed by atoms with E-state index in [1.165, 1.54) is 0 Å². The topological polar surface area (TPSA) is 45.2 Å². The summed E-state index contributed by atoms with van der Waals surface area (Å²) in [6.07, 6.45) is 0. The summed E-state index contributed by atoms with van der Waals surface area (Å²) in [6.45, 7) is -0.173. The minimum atomic E-state index is -0.173. The van der Waals surface area contributed by atoms with Gasteiger partial charge in [0.15, 0.2) is 0 Å². The van der Waals surface area contributed by atoms with Crippen molar-refractivity contribution in [2.24, 2.45) is 0 Å². The van der Waals surface area contributed by atoms with Gasteiger partial charge in [-0.3, -0.25) is 0 Å². The van der Waals surface area contributed by atoms with Gasteiger partial charge in [-0.1, -0.05) is 109 Å². The number of fused-ring (bicyclic) bond motifs is 14. The number of furan rings is 2. The van der Waals surface area contributed by atoms with Gasteiger partial charge >= 0.3 is 0 Å². The number of para-hydroxylation sites is 5. The molecule has 7 heteroatoms. The first-order chi connectivity index (χ1) is 37.2. The van der Waals surface area contributed by atoms with E-state index < -0.39 is 0 Å². The maximum Gasteiger partial charge on any atom is 0.256 e. The number of hydrogen-bond acceptors (Lipinski definition) is 6. The molecule has 0 radical (unpaired) electrons. The molecule has 0 spiro atoms. The van der Waals surface area contributed by atoms with Gasteiger partial charge in [-0.25, -0.2) is 0 Å². The SMILES string of the molecule is c1ccc(N(c2ccccc2)c2ccc3c(ccc4c5cc6c(cc5oc34)B3c4cc5oc7c8ccc(N(c9ccccc9)c9ccccc9)cc8ccc7c5cc4N(c4ccccc4)c4cccc(c43)O6)c2)cc1. The van der Waals surface area contributed by atoms with E-state index in [2.05, 4.69) is 269 Å². The minimum Gasteiger partial charge on any atom is -0.458 e. The smallest absolute Gasteiger partial charge is 0.256 e. The first kappa shape index (κ1) is 41.6. The van der Waals surface area contributed by atoms with Crippen molar-refractivity contribution in [3.05, 3.63) is 255 Å². The molecule has 350 valence electrons. The molecule has 0 saturated heterocycles. The van der Waals surface area contributed by atoms with Crippen molar-refractivity contribution in [3.63, 3.8) is 0 Å². The van der Waals surface area contributed by atoms with Crippen molar-refractivity contribution < 1.29 is 13.6 Å². The third-order valence-corrected chi connectivity index (χ3v) is 15.4. The highest BCUT2D eigenvalue weighted by Gasteiger charge is 2.43. The van der Waals surface area contributed by atoms with Crippen molar-refractivity contribution in [1.82, 2.24) is 0 Å². The largest absolute Gasteiger partial charge is 0.458 e. The van der Waals surface area contributed by atoms with Crippen molar-refractivity contribution >= 4 is 140 Å². The van der Waals surface area contributed by atoms with E-state index in [4.69, 9.17) is 13.6 Å². The van der Waals surface area contributed by atoms with Crippen LogP contribution in [0.2, 0.25) is 0 Å². The zero-order valence-corrected chi connectivity index (χ0v) is 40.4. The highest BCUT2D eigenvalue weighted by atomic mass is 16.5. The van der Waals surface area contributed by atoms with E-state index in [0.717, 1.165) is 144 Å². The van der Waals surface area contributed by atoms with Gasteiger partial charge in [0, 0.05) is 83.5 Å². The summed E-state index contributed by atoms with van der Waals surface area (Å²) in [5.41, 5.74) is 16.5. The quantitative estimate of drug-likeness (QED) is 0.148. The minimum absolute atomic E-state index is 0.173. The molecule has 0 amide bonds. The van der Waals surface area contributed by atoms with Crippen LogP contribution in [0.15, 0.2) is 264 Å². The second-order valence-electron chi connectivity index (χ2n) is 19.6. The predicted octanol–water partition coefficient (Wildman–Crippen LogP) is 17.1. The van der Waals surface area contributed by atoms with E-state index in [9.17, 15) is 0 Å². The molecular formula is C68H42BN3O3. The molecule has 6 nitrogen and oxygen atoms in total. The molecule has 0 fully saturated rings. The Kier molecular flexibility index (Phi) is 9.03. The van der Waals surface area contributed by atoms with Gasteiger partial charge in [0.1, 0.15) is 33.8 Å². The van der Waals surface area contributed by atoms with Gasteiger partial charge in [0.05, 0.1) is 0 Å². The van der Waals surface area contributed by atoms with Crippen LogP contribution < -0.4 is 35.8 Å². The fourth-order valence-corrected chi connectivity index (χ4v) is 12.1. The van der Waals surface area contributed by atoms with Crippen LogP contribution in [0, 0.1) is 0 Å². The van der Waals surface area contributed by atoms with E-state index in [-0.39, 0.29) is 6.71 Å². The third kappa shape index (κ3) is 6.41. The molecule has 0 bridgehead atoms. The number of nitrogens with zero attached hydrogens (tertiary/aromatic N) is 3. The van der Waals surface area contributed by atoms with Crippen LogP contribution in [0.3, 0.4) is 0 Å². The van der Waals surface area contributed by atoms with Gasteiger partial charge in [-0.15, -0.1) is 0 Å². The van der Waals surface area contributed by atoms with E-state index in [0.29, 0.717) is 0 Å². The van der Waals surface area contributed by atoms with Crippen molar-refractivity contribution in [3.8, 4) is 11.5 Å². The average molecular weight is 960 g/mol. The summed E-state index contributed by atoms with van der Waals surface area (Å²) in [5.74, 6) is 1.66. The van der Waals surface area contributed by atoms with Crippen LogP contribution in [0.25, 0.3) is 65.4 Å². The zero-order valence-electron chi connectivity index (χ0n) is 40.4. The lowest BCUT2D eigenvalue weighted by atomic mass is 9.34. The lowest BCUT2D eigenvalue weighted by molar-refractivity contribution is 0.488. The Labute approximate surface area is 432 Å². The lowest BCUT2D eigenvalue weighted by Crippen LogP contribution is -2.59. The number of ether oxygens (including phenoxy) is 1. The predicted molar refractivity (Wildman–Crippen MR) is 311 cm³/mol. The molecule has 0 N–H and O–H groups in total. The normalized spacial score (nSPS) is 12.6. The highest BCUT2D eigenvalue weighted by molar-refractivity contribution is 6.99. The summed E-state index contributed by atoms with van der Waals surface area (Å²) in [7, 11) is 0. The maximum absolute atomic E-state index is 7.10. The van der Waals surface area contributed by atoms with E-state index in [1.807, 2.05) is 0 Å². The maximum atomic E-state index is 7.10. The highest BCUT2D eigenvalue weighted by Crippen LogP contribution is 2.47. The Hall–Kier alpha value is -9.98. The molecule has 2 aliphatic heterocycles. The molecule has 12 aromatic carbocycles. The van der Waals surface area contributed by atoms with Crippen LogP contribution in [0.4, 0.5) is 51.2 Å². The molecule has 0 aliphatic carbocycles. The number of rotatable bonds is 7. The van der Waals surface area contributed by atoms with Gasteiger partial charge in [0.2, 0.25) is 0 Å². The van der Waals surface area contributed by atoms with Crippen molar-refractivity contribution in [2.45, 2.75) is 0 Å². The monoisotopic (exact) mass is 959 g/mol. The van der Waals surface area contributed by atoms with Crippen molar-refractivity contribution in [2.75, 3.05) is 14.7 Å². The Bertz CT molecular complexity index is 4500. The first-order valence-electron chi connectivity index (χ1n) is 25.5. The van der Waals surface area contributed by atoms with Gasteiger partial charge in [-0.05, 0) is 173 Å². The van der Waals surface area contributed by atoms with Gasteiger partial charge in [-0.2, -0.15) is 0 Å². The molecule has 75 heavy (non-hydrogen) atoms. The summed E-state index contributed by atoms with van der Waals surface area (Å²) in [4.78, 5) is 6.99. The fraction of sp³-hybridized carbons (Fsp3) is 0. The van der Waals surface area contributed by atoms with Crippen LogP contribution in [-0.2, 0) is 0 Å². The van der Waals surface area contributed by atoms with Gasteiger partial charge < -0.3 is 28.3 Å². The van der Waals surface area contributed by atoms with Crippen molar-refractivity contribution in [1.29, 1.82) is 0 Å². The Morgan fingerprint density at radius 3 is 1.31 bits per heavy atom. The molecule has 14 aromatic rings. The first-order valence-corrected chi connectivity index (χ1v) is 25.5. The lowest BCUT2D eigenvalue weighted by Gasteiger charge is -2.39. The Morgan fingerprint density at radius 2 is 0.787 bits per heavy atom. The Balaban J connectivity index is 0.859. The fourth-order valence-electron chi connectivity index (χ4n) is 12.1. The molecule has 0 unspecified atom stereocenters. The molecule has 2 aromatic heterocycles. The average Bonchev–Trinajstić information content (AvgIpc) is 4.03. The standard InChI is InChI=1S/C68H42BN3O3/c1-6-17-45(18-7-1)70(46-19-8-2-9-20-46)50-31-35-52-43(37-50)29-33-54-56-39-61-58(41-63(56)74-67(52)54)69-59-42-64-57(40-65(59)73-62-28-16-27-60(66(62)69)72(61)49-25-14-5-15-26-49)55-34-30-44-38-51(32-36-53(44)68(55)75-64)71(47-21-10-3-11-22-47)48-23-12-4-13-24-48/h1-42H. The molecule has 0 atom stereocenters. The summed E-state index contributed by atoms with van der Waals surface area (Å²) in [6, 6.07) is 90.5. The van der Waals surface area contributed by atoms with Gasteiger partial charge in [0.25, 0.3) is 6.71 Å². The van der Waals surface area contributed by atoms with Crippen LogP contribution in [0.5, 0.6) is 11.5 Å².